The summed E-state index contributed by atoms with van der Waals surface area (Å²) in [5.41, 5.74) is -0.0106. The molecule has 178 valence electrons. The van der Waals surface area contributed by atoms with Crippen molar-refractivity contribution < 1.29 is 19.4 Å². The third-order valence-corrected chi connectivity index (χ3v) is 5.84. The van der Waals surface area contributed by atoms with Crippen LogP contribution in [0.5, 0.6) is 11.6 Å². The molecule has 1 saturated heterocycles. The minimum absolute atomic E-state index is 0.0192. The Bertz CT molecular complexity index is 959. The Morgan fingerprint density at radius 3 is 2.76 bits per heavy atom. The molecule has 0 aliphatic carbocycles. The Morgan fingerprint density at radius 2 is 2.09 bits per heavy atom. The smallest absolute Gasteiger partial charge is 0.238 e. The Morgan fingerprint density at radius 1 is 1.36 bits per heavy atom. The van der Waals surface area contributed by atoms with Gasteiger partial charge in [-0.25, -0.2) is 9.97 Å². The van der Waals surface area contributed by atoms with Crippen LogP contribution < -0.4 is 14.4 Å². The summed E-state index contributed by atoms with van der Waals surface area (Å²) < 4.78 is 11.7. The molecule has 33 heavy (non-hydrogen) atoms. The number of aromatic nitrogens is 2. The summed E-state index contributed by atoms with van der Waals surface area (Å²) in [6, 6.07) is 7.73. The van der Waals surface area contributed by atoms with Crippen LogP contribution in [0.3, 0.4) is 0 Å². The number of nitrogens with zero attached hydrogens (tertiary/aromatic N) is 3. The third-order valence-electron chi connectivity index (χ3n) is 5.51. The van der Waals surface area contributed by atoms with E-state index in [4.69, 9.17) is 21.1 Å². The first-order valence-corrected chi connectivity index (χ1v) is 11.6. The predicted octanol–water partition coefficient (Wildman–Crippen LogP) is 4.58. The van der Waals surface area contributed by atoms with Crippen LogP contribution in [0.2, 0.25) is 5.02 Å². The normalized spacial score (nSPS) is 17.0. The monoisotopic (exact) mass is 473 g/mol. The molecule has 2 aromatic rings. The number of carbonyl (C=O) groups is 1. The molecule has 1 unspecified atom stereocenters. The molecule has 7 nitrogen and oxygen atoms in total. The lowest BCUT2D eigenvalue weighted by Crippen LogP contribution is -2.29. The zero-order chi connectivity index (χ0) is 24.0. The van der Waals surface area contributed by atoms with Crippen molar-refractivity contribution in [2.75, 3.05) is 24.6 Å². The van der Waals surface area contributed by atoms with Crippen LogP contribution in [-0.4, -0.2) is 52.3 Å². The molecular weight excluding hydrogens is 442 g/mol. The molecule has 2 heterocycles. The van der Waals surface area contributed by atoms with Crippen molar-refractivity contribution in [3.05, 3.63) is 53.8 Å². The van der Waals surface area contributed by atoms with E-state index in [-0.39, 0.29) is 30.3 Å². The highest BCUT2D eigenvalue weighted by Crippen LogP contribution is 2.33. The van der Waals surface area contributed by atoms with E-state index in [0.29, 0.717) is 30.2 Å². The summed E-state index contributed by atoms with van der Waals surface area (Å²) in [6.07, 6.45) is 5.19. The molecule has 0 bridgehead atoms. The summed E-state index contributed by atoms with van der Waals surface area (Å²) in [7, 11) is 0. The van der Waals surface area contributed by atoms with Gasteiger partial charge in [0.1, 0.15) is 35.6 Å². The van der Waals surface area contributed by atoms with Gasteiger partial charge in [-0.15, -0.1) is 6.58 Å². The highest BCUT2D eigenvalue weighted by atomic mass is 35.5. The first-order valence-electron chi connectivity index (χ1n) is 11.2. The summed E-state index contributed by atoms with van der Waals surface area (Å²) >= 11 is 6.48. The number of anilines is 1. The highest BCUT2D eigenvalue weighted by Gasteiger charge is 2.28. The molecule has 0 spiro atoms. The van der Waals surface area contributed by atoms with Crippen molar-refractivity contribution in [3.63, 3.8) is 0 Å². The number of halogens is 1. The van der Waals surface area contributed by atoms with E-state index in [9.17, 15) is 9.90 Å². The van der Waals surface area contributed by atoms with E-state index >= 15 is 0 Å². The fraction of sp³-hybridized carbons (Fsp3) is 0.480. The summed E-state index contributed by atoms with van der Waals surface area (Å²) in [6.45, 7) is 10.3. The van der Waals surface area contributed by atoms with E-state index in [1.165, 1.54) is 6.33 Å². The third kappa shape index (κ3) is 6.92. The van der Waals surface area contributed by atoms with Crippen molar-refractivity contribution in [1.82, 2.24) is 9.97 Å². The standard InChI is InChI=1S/C25H32ClN3O4/c1-5-6-7-21(30)17(2)18-8-10-19(11-9-18)33-20-12-13-29(14-20)23-22(26)24(28-16-27-23)32-15-25(3,4)31/h5,8-11,16-17,20,31H,1,6-7,12-15H2,2-4H3/t17?,20-/m1/s1. The van der Waals surface area contributed by atoms with Crippen molar-refractivity contribution in [2.45, 2.75) is 57.7 Å². The number of rotatable bonds is 11. The fourth-order valence-electron chi connectivity index (χ4n) is 3.60. The molecule has 1 aliphatic rings. The molecule has 1 fully saturated rings. The molecule has 1 N–H and O–H groups in total. The maximum Gasteiger partial charge on any atom is 0.238 e. The van der Waals surface area contributed by atoms with Crippen molar-refractivity contribution in [1.29, 1.82) is 0 Å². The van der Waals surface area contributed by atoms with Crippen LogP contribution in [0.15, 0.2) is 43.2 Å². The Labute approximate surface area is 200 Å². The number of benzene rings is 1. The second-order valence-electron chi connectivity index (χ2n) is 8.98. The molecular formula is C25H32ClN3O4. The molecule has 0 saturated carbocycles. The van der Waals surface area contributed by atoms with E-state index in [1.807, 2.05) is 36.1 Å². The molecule has 8 heteroatoms. The minimum atomic E-state index is -0.993. The van der Waals surface area contributed by atoms with E-state index in [1.54, 1.807) is 19.9 Å². The SMILES string of the molecule is C=CCCC(=O)C(C)c1ccc(O[C@@H]2CCN(c3ncnc(OCC(C)(C)O)c3Cl)C2)cc1. The van der Waals surface area contributed by atoms with Crippen LogP contribution in [0.25, 0.3) is 0 Å². The first kappa shape index (κ1) is 25.0. The Kier molecular flexibility index (Phi) is 8.32. The number of hydrogen-bond donors (Lipinski definition) is 1. The van der Waals surface area contributed by atoms with Crippen LogP contribution in [-0.2, 0) is 4.79 Å². The van der Waals surface area contributed by atoms with Crippen molar-refractivity contribution >= 4 is 23.2 Å². The van der Waals surface area contributed by atoms with Gasteiger partial charge in [-0.3, -0.25) is 4.79 Å². The lowest BCUT2D eigenvalue weighted by Gasteiger charge is -2.21. The number of ether oxygens (including phenoxy) is 2. The van der Waals surface area contributed by atoms with Gasteiger partial charge < -0.3 is 19.5 Å². The van der Waals surface area contributed by atoms with Gasteiger partial charge in [0.25, 0.3) is 0 Å². The number of aliphatic hydroxyl groups is 1. The van der Waals surface area contributed by atoms with Gasteiger partial charge >= 0.3 is 0 Å². The maximum atomic E-state index is 12.3. The fourth-order valence-corrected chi connectivity index (χ4v) is 3.87. The molecule has 1 aliphatic heterocycles. The Balaban J connectivity index is 1.58. The van der Waals surface area contributed by atoms with Crippen LogP contribution in [0.4, 0.5) is 5.82 Å². The topological polar surface area (TPSA) is 84.8 Å². The number of ketones is 1. The molecule has 2 atom stereocenters. The van der Waals surface area contributed by atoms with Gasteiger partial charge in [-0.1, -0.05) is 36.7 Å². The zero-order valence-electron chi connectivity index (χ0n) is 19.5. The number of allylic oxidation sites excluding steroid dienone is 1. The summed E-state index contributed by atoms with van der Waals surface area (Å²) in [5, 5.41) is 10.2. The summed E-state index contributed by atoms with van der Waals surface area (Å²) in [4.78, 5) is 22.7. The van der Waals surface area contributed by atoms with Crippen molar-refractivity contribution in [3.8, 4) is 11.6 Å². The average molecular weight is 474 g/mol. The number of carbonyl (C=O) groups excluding carboxylic acids is 1. The molecule has 0 amide bonds. The van der Waals surface area contributed by atoms with Gasteiger partial charge in [0, 0.05) is 25.3 Å². The van der Waals surface area contributed by atoms with E-state index in [0.717, 1.165) is 24.3 Å². The van der Waals surface area contributed by atoms with Gasteiger partial charge in [0.2, 0.25) is 5.88 Å². The van der Waals surface area contributed by atoms with E-state index in [2.05, 4.69) is 16.5 Å². The maximum absolute atomic E-state index is 12.3. The quantitative estimate of drug-likeness (QED) is 0.478. The highest BCUT2D eigenvalue weighted by molar-refractivity contribution is 6.34. The van der Waals surface area contributed by atoms with Gasteiger partial charge in [-0.2, -0.15) is 0 Å². The second kappa shape index (κ2) is 11.0. The largest absolute Gasteiger partial charge is 0.489 e. The number of Topliss-reactive ketones (excluding diaryl/α,β-unsaturated/α-hetero) is 1. The summed E-state index contributed by atoms with van der Waals surface area (Å²) in [5.74, 6) is 1.67. The second-order valence-corrected chi connectivity index (χ2v) is 9.35. The van der Waals surface area contributed by atoms with Crippen molar-refractivity contribution in [2.24, 2.45) is 0 Å². The number of hydrogen-bond acceptors (Lipinski definition) is 7. The lowest BCUT2D eigenvalue weighted by atomic mass is 9.94. The minimum Gasteiger partial charge on any atom is -0.489 e. The van der Waals surface area contributed by atoms with Gasteiger partial charge in [0.05, 0.1) is 12.1 Å². The molecule has 3 rings (SSSR count). The van der Waals surface area contributed by atoms with Crippen LogP contribution in [0.1, 0.15) is 51.5 Å². The molecule has 0 radical (unpaired) electrons. The van der Waals surface area contributed by atoms with Gasteiger partial charge in [0.15, 0.2) is 5.82 Å². The van der Waals surface area contributed by atoms with Gasteiger partial charge in [-0.05, 0) is 38.0 Å². The lowest BCUT2D eigenvalue weighted by molar-refractivity contribution is -0.120. The molecule has 1 aromatic heterocycles. The molecule has 1 aromatic carbocycles. The van der Waals surface area contributed by atoms with Crippen LogP contribution >= 0.6 is 11.6 Å². The predicted molar refractivity (Wildman–Crippen MR) is 129 cm³/mol. The Hall–Kier alpha value is -2.64. The van der Waals surface area contributed by atoms with E-state index < -0.39 is 5.60 Å². The average Bonchev–Trinajstić information content (AvgIpc) is 3.24. The van der Waals surface area contributed by atoms with Crippen LogP contribution in [0, 0.1) is 0 Å². The first-order chi connectivity index (χ1) is 15.7. The zero-order valence-corrected chi connectivity index (χ0v) is 20.2.